The molecule has 37 heavy (non-hydrogen) atoms. The molecule has 1 aliphatic rings. The van der Waals surface area contributed by atoms with Gasteiger partial charge >= 0.3 is 0 Å². The minimum Gasteiger partial charge on any atom is -0.339 e. The van der Waals surface area contributed by atoms with Crippen LogP contribution in [0.3, 0.4) is 0 Å². The summed E-state index contributed by atoms with van der Waals surface area (Å²) in [7, 11) is -3.65. The van der Waals surface area contributed by atoms with E-state index in [2.05, 4.69) is 25.4 Å². The van der Waals surface area contributed by atoms with E-state index >= 15 is 0 Å². The van der Waals surface area contributed by atoms with Crippen molar-refractivity contribution in [3.8, 4) is 11.4 Å². The molecule has 1 N–H and O–H groups in total. The molecule has 0 spiro atoms. The highest BCUT2D eigenvalue weighted by Crippen LogP contribution is 2.32. The number of rotatable bonds is 6. The Morgan fingerprint density at radius 1 is 1.11 bits per heavy atom. The summed E-state index contributed by atoms with van der Waals surface area (Å²) < 4.78 is 48.1. The number of carbonyl (C=O) groups excluding carboxylic acids is 1. The lowest BCUT2D eigenvalue weighted by Crippen LogP contribution is -2.48. The van der Waals surface area contributed by atoms with Crippen molar-refractivity contribution in [1.82, 2.24) is 28.8 Å². The Hall–Kier alpha value is -4.49. The van der Waals surface area contributed by atoms with Gasteiger partial charge in [0.15, 0.2) is 0 Å². The minimum absolute atomic E-state index is 0.0582. The van der Waals surface area contributed by atoms with Gasteiger partial charge in [-0.15, -0.1) is 0 Å². The smallest absolute Gasteiger partial charge is 0.274 e. The fourth-order valence-corrected chi connectivity index (χ4v) is 5.50. The number of aromatic nitrogens is 5. The van der Waals surface area contributed by atoms with Crippen molar-refractivity contribution in [3.05, 3.63) is 90.7 Å². The monoisotopic (exact) mass is 519 g/mol. The molecule has 1 aromatic carbocycles. The number of nitrogens with zero attached hydrogens (tertiary/aromatic N) is 6. The molecule has 0 atom stereocenters. The van der Waals surface area contributed by atoms with Crippen LogP contribution in [0.2, 0.25) is 0 Å². The average molecular weight is 520 g/mol. The van der Waals surface area contributed by atoms with E-state index in [4.69, 9.17) is 4.52 Å². The van der Waals surface area contributed by atoms with Gasteiger partial charge in [-0.1, -0.05) is 11.2 Å². The van der Waals surface area contributed by atoms with Crippen molar-refractivity contribution in [1.29, 1.82) is 0 Å². The molecule has 11 nitrogen and oxygen atoms in total. The van der Waals surface area contributed by atoms with E-state index in [-0.39, 0.29) is 47.0 Å². The van der Waals surface area contributed by atoms with Crippen molar-refractivity contribution in [3.63, 3.8) is 0 Å². The number of sulfonamides is 1. The average Bonchev–Trinajstić information content (AvgIpc) is 3.53. The lowest BCUT2D eigenvalue weighted by molar-refractivity contribution is 0.102. The molecular weight excluding hydrogens is 501 g/mol. The van der Waals surface area contributed by atoms with Crippen LogP contribution in [0.5, 0.6) is 0 Å². The highest BCUT2D eigenvalue weighted by molar-refractivity contribution is 7.89. The highest BCUT2D eigenvalue weighted by Gasteiger charge is 2.40. The second kappa shape index (κ2) is 8.87. The topological polar surface area (TPSA) is 136 Å². The molecule has 0 aliphatic carbocycles. The van der Waals surface area contributed by atoms with Crippen LogP contribution in [-0.2, 0) is 10.0 Å². The number of anilines is 1. The number of fused-ring (bicyclic) bond motifs is 1. The second-order valence-corrected chi connectivity index (χ2v) is 10.3. The summed E-state index contributed by atoms with van der Waals surface area (Å²) in [5.41, 5.74) is 1.20. The Balaban J connectivity index is 1.17. The normalized spacial score (nSPS) is 14.5. The maximum Gasteiger partial charge on any atom is 0.274 e. The largest absolute Gasteiger partial charge is 0.339 e. The molecule has 0 saturated carbocycles. The maximum absolute atomic E-state index is 14.5. The minimum atomic E-state index is -3.65. The summed E-state index contributed by atoms with van der Waals surface area (Å²) in [6.45, 7) is 0.367. The van der Waals surface area contributed by atoms with Crippen LogP contribution in [0, 0.1) is 5.82 Å². The van der Waals surface area contributed by atoms with Crippen LogP contribution in [0.4, 0.5) is 10.1 Å². The molecule has 0 unspecified atom stereocenters. The van der Waals surface area contributed by atoms with Gasteiger partial charge < -0.3 is 9.84 Å². The van der Waals surface area contributed by atoms with E-state index in [9.17, 15) is 17.6 Å². The van der Waals surface area contributed by atoms with Crippen LogP contribution in [-0.4, -0.2) is 56.2 Å². The molecular formula is C24H18FN7O4S. The summed E-state index contributed by atoms with van der Waals surface area (Å²) in [5, 5.41) is 6.53. The SMILES string of the molecule is O=C(Nc1cc(-c2noc(C3CN(S(=O)(=O)c4cccnc4)C3)n2)ccc1F)c1cnc2ccccn12. The van der Waals surface area contributed by atoms with Crippen molar-refractivity contribution in [2.24, 2.45) is 0 Å². The number of hydrogen-bond acceptors (Lipinski definition) is 8. The standard InChI is InChI=1S/C24H18FN7O4S/c25-18-7-6-15(10-19(18)28-23(33)20-12-27-21-5-1-2-9-32(20)21)22-29-24(36-30-22)16-13-31(14-16)37(34,35)17-4-3-8-26-11-17/h1-12,16H,13-14H2,(H,28,33). The van der Waals surface area contributed by atoms with Gasteiger partial charge in [0.05, 0.1) is 17.8 Å². The van der Waals surface area contributed by atoms with Crippen LogP contribution in [0.15, 0.2) is 82.7 Å². The number of benzene rings is 1. The van der Waals surface area contributed by atoms with Gasteiger partial charge in [-0.25, -0.2) is 17.8 Å². The Morgan fingerprint density at radius 3 is 2.78 bits per heavy atom. The molecule has 13 heteroatoms. The lowest BCUT2D eigenvalue weighted by Gasteiger charge is -2.35. The van der Waals surface area contributed by atoms with Crippen molar-refractivity contribution in [2.45, 2.75) is 10.8 Å². The Kier molecular flexibility index (Phi) is 5.50. The first-order valence-corrected chi connectivity index (χ1v) is 12.6. The quantitative estimate of drug-likeness (QED) is 0.362. The van der Waals surface area contributed by atoms with Crippen LogP contribution in [0.25, 0.3) is 17.0 Å². The summed E-state index contributed by atoms with van der Waals surface area (Å²) in [6.07, 6.45) is 5.90. The maximum atomic E-state index is 14.5. The second-order valence-electron chi connectivity index (χ2n) is 8.38. The molecule has 0 bridgehead atoms. The van der Waals surface area contributed by atoms with E-state index in [1.165, 1.54) is 47.2 Å². The summed E-state index contributed by atoms with van der Waals surface area (Å²) in [6, 6.07) is 12.4. The van der Waals surface area contributed by atoms with Crippen LogP contribution in [0.1, 0.15) is 22.3 Å². The van der Waals surface area contributed by atoms with E-state index in [1.807, 2.05) is 0 Å². The van der Waals surface area contributed by atoms with Gasteiger partial charge in [-0.3, -0.25) is 14.2 Å². The predicted octanol–water partition coefficient (Wildman–Crippen LogP) is 2.96. The number of amides is 1. The van der Waals surface area contributed by atoms with E-state index < -0.39 is 21.7 Å². The first kappa shape index (κ1) is 22.9. The van der Waals surface area contributed by atoms with Gasteiger partial charge in [-0.2, -0.15) is 9.29 Å². The zero-order chi connectivity index (χ0) is 25.6. The van der Waals surface area contributed by atoms with Crippen molar-refractivity contribution in [2.75, 3.05) is 18.4 Å². The first-order chi connectivity index (χ1) is 17.9. The molecule has 5 aromatic rings. The predicted molar refractivity (Wildman–Crippen MR) is 129 cm³/mol. The Labute approximate surface area is 209 Å². The van der Waals surface area contributed by atoms with Crippen LogP contribution < -0.4 is 5.32 Å². The Bertz CT molecular complexity index is 1730. The third kappa shape index (κ3) is 4.13. The van der Waals surface area contributed by atoms with Gasteiger partial charge in [0, 0.05) is 37.2 Å². The van der Waals surface area contributed by atoms with E-state index in [1.54, 1.807) is 34.9 Å². The number of halogens is 1. The molecule has 6 rings (SSSR count). The number of imidazole rings is 1. The van der Waals surface area contributed by atoms with Crippen molar-refractivity contribution < 1.29 is 22.1 Å². The molecule has 1 saturated heterocycles. The third-order valence-corrected chi connectivity index (χ3v) is 7.85. The van der Waals surface area contributed by atoms with Crippen LogP contribution >= 0.6 is 0 Å². The molecule has 1 fully saturated rings. The van der Waals surface area contributed by atoms with E-state index in [0.717, 1.165) is 0 Å². The van der Waals surface area contributed by atoms with Gasteiger partial charge in [0.25, 0.3) is 5.91 Å². The fourth-order valence-electron chi connectivity index (χ4n) is 4.00. The number of carbonyl (C=O) groups is 1. The first-order valence-electron chi connectivity index (χ1n) is 11.2. The summed E-state index contributed by atoms with van der Waals surface area (Å²) >= 11 is 0. The Morgan fingerprint density at radius 2 is 1.97 bits per heavy atom. The molecule has 186 valence electrons. The summed E-state index contributed by atoms with van der Waals surface area (Å²) in [4.78, 5) is 25.3. The molecule has 1 amide bonds. The highest BCUT2D eigenvalue weighted by atomic mass is 32.2. The van der Waals surface area contributed by atoms with Crippen molar-refractivity contribution >= 4 is 27.3 Å². The number of nitrogens with one attached hydrogen (secondary N) is 1. The van der Waals surface area contributed by atoms with E-state index in [0.29, 0.717) is 11.2 Å². The third-order valence-electron chi connectivity index (χ3n) is 6.03. The van der Waals surface area contributed by atoms with Gasteiger partial charge in [0.1, 0.15) is 22.1 Å². The number of pyridine rings is 2. The summed E-state index contributed by atoms with van der Waals surface area (Å²) in [5.74, 6) is -0.984. The lowest BCUT2D eigenvalue weighted by atomic mass is 10.0. The fraction of sp³-hybridized carbons (Fsp3) is 0.125. The zero-order valence-corrected chi connectivity index (χ0v) is 19.8. The zero-order valence-electron chi connectivity index (χ0n) is 19.0. The molecule has 0 radical (unpaired) electrons. The number of hydrogen-bond donors (Lipinski definition) is 1. The van der Waals surface area contributed by atoms with Gasteiger partial charge in [-0.05, 0) is 42.5 Å². The molecule has 1 aliphatic heterocycles. The molecule has 5 heterocycles. The molecule has 4 aromatic heterocycles. The van der Waals surface area contributed by atoms with Gasteiger partial charge in [0.2, 0.25) is 21.7 Å².